The Kier molecular flexibility index (Phi) is 5.61. The topological polar surface area (TPSA) is 101 Å². The molecule has 0 spiro atoms. The number of rotatable bonds is 4. The van der Waals surface area contributed by atoms with Crippen LogP contribution in [-0.2, 0) is 4.79 Å². The zero-order valence-electron chi connectivity index (χ0n) is 20.2. The molecule has 1 aromatic carbocycles. The molecule has 2 aromatic heterocycles. The second-order valence-corrected chi connectivity index (χ2v) is 9.49. The van der Waals surface area contributed by atoms with Crippen molar-refractivity contribution in [3.05, 3.63) is 52.0 Å². The Hall–Kier alpha value is -3.69. The Morgan fingerprint density at radius 2 is 1.86 bits per heavy atom. The number of aliphatic carboxylic acids is 1. The summed E-state index contributed by atoms with van der Waals surface area (Å²) in [5, 5.41) is 9.91. The number of hydrogen-bond acceptors (Lipinski definition) is 7. The first kappa shape index (κ1) is 23.1. The van der Waals surface area contributed by atoms with Crippen LogP contribution in [0.2, 0.25) is 0 Å². The molecule has 2 aliphatic heterocycles. The van der Waals surface area contributed by atoms with Crippen LogP contribution in [0.15, 0.2) is 29.2 Å². The predicted molar refractivity (Wildman–Crippen MR) is 130 cm³/mol. The SMILES string of the molecule is Cc1cc(N2CCN(c3c(F)cc4c(=O)ccn5c4c3O[C@H](C(=O)O)C5C)CC2)nc(C(C)C)n1. The zero-order valence-corrected chi connectivity index (χ0v) is 20.2. The van der Waals surface area contributed by atoms with E-state index in [4.69, 9.17) is 9.72 Å². The van der Waals surface area contributed by atoms with Crippen molar-refractivity contribution in [3.63, 3.8) is 0 Å². The molecule has 4 heterocycles. The summed E-state index contributed by atoms with van der Waals surface area (Å²) >= 11 is 0. The number of carboxylic acids is 1. The molecule has 5 rings (SSSR count). The van der Waals surface area contributed by atoms with Crippen LogP contribution < -0.4 is 20.0 Å². The number of aromatic nitrogens is 3. The summed E-state index contributed by atoms with van der Waals surface area (Å²) in [5.41, 5.74) is 1.18. The first-order valence-corrected chi connectivity index (χ1v) is 11.8. The standard InChI is InChI=1S/C25H28FN5O4/c1-13(2)24-27-14(3)11-19(28-24)29-7-9-30(10-8-29)21-17(26)12-16-18(32)5-6-31-15(4)22(25(33)34)35-23(21)20(16)31/h5-6,11-13,15,22H,7-10H2,1-4H3,(H,33,34)/t15?,22-/m0/s1. The largest absolute Gasteiger partial charge is 0.478 e. The van der Waals surface area contributed by atoms with Crippen LogP contribution in [-0.4, -0.2) is 57.9 Å². The van der Waals surface area contributed by atoms with E-state index in [1.165, 1.54) is 12.1 Å². The van der Waals surface area contributed by atoms with E-state index < -0.39 is 23.9 Å². The van der Waals surface area contributed by atoms with Crippen molar-refractivity contribution >= 4 is 28.4 Å². The van der Waals surface area contributed by atoms with Crippen LogP contribution in [0.3, 0.4) is 0 Å². The molecule has 2 aliphatic rings. The second-order valence-electron chi connectivity index (χ2n) is 9.49. The van der Waals surface area contributed by atoms with Crippen molar-refractivity contribution in [2.45, 2.75) is 45.8 Å². The summed E-state index contributed by atoms with van der Waals surface area (Å²) in [7, 11) is 0. The summed E-state index contributed by atoms with van der Waals surface area (Å²) in [4.78, 5) is 37.6. The fraction of sp³-hybridized carbons (Fsp3) is 0.440. The second kappa shape index (κ2) is 8.51. The monoisotopic (exact) mass is 481 g/mol. The number of anilines is 2. The molecule has 1 fully saturated rings. The number of aryl methyl sites for hydroxylation is 1. The Balaban J connectivity index is 1.52. The van der Waals surface area contributed by atoms with E-state index in [9.17, 15) is 14.7 Å². The maximum atomic E-state index is 15.5. The number of pyridine rings is 1. The Bertz CT molecular complexity index is 1380. The number of carboxylic acid groups (broad SMARTS) is 1. The number of carbonyl (C=O) groups is 1. The lowest BCUT2D eigenvalue weighted by Crippen LogP contribution is -2.48. The lowest BCUT2D eigenvalue weighted by molar-refractivity contribution is -0.147. The number of ether oxygens (including phenoxy) is 1. The van der Waals surface area contributed by atoms with Gasteiger partial charge in [0.2, 0.25) is 6.10 Å². The summed E-state index contributed by atoms with van der Waals surface area (Å²) < 4.78 is 23.1. The van der Waals surface area contributed by atoms with Gasteiger partial charge in [-0.3, -0.25) is 4.79 Å². The summed E-state index contributed by atoms with van der Waals surface area (Å²) in [6.45, 7) is 9.88. The molecule has 3 aromatic rings. The Morgan fingerprint density at radius 3 is 2.51 bits per heavy atom. The van der Waals surface area contributed by atoms with Gasteiger partial charge in [-0.05, 0) is 19.9 Å². The molecule has 0 amide bonds. The van der Waals surface area contributed by atoms with E-state index in [0.717, 1.165) is 17.3 Å². The van der Waals surface area contributed by atoms with E-state index in [1.54, 1.807) is 17.7 Å². The van der Waals surface area contributed by atoms with Gasteiger partial charge < -0.3 is 24.2 Å². The first-order chi connectivity index (χ1) is 16.7. The number of nitrogens with zero attached hydrogens (tertiary/aromatic N) is 5. The fourth-order valence-electron chi connectivity index (χ4n) is 4.89. The van der Waals surface area contributed by atoms with Crippen LogP contribution in [0, 0.1) is 12.7 Å². The van der Waals surface area contributed by atoms with Crippen molar-refractivity contribution in [1.82, 2.24) is 14.5 Å². The molecule has 1 unspecified atom stereocenters. The fourth-order valence-corrected chi connectivity index (χ4v) is 4.89. The predicted octanol–water partition coefficient (Wildman–Crippen LogP) is 3.10. The minimum absolute atomic E-state index is 0.108. The molecule has 2 atom stereocenters. The van der Waals surface area contributed by atoms with Crippen LogP contribution in [0.5, 0.6) is 5.75 Å². The third-order valence-corrected chi connectivity index (χ3v) is 6.75. The van der Waals surface area contributed by atoms with Gasteiger partial charge in [0.15, 0.2) is 17.0 Å². The zero-order chi connectivity index (χ0) is 25.0. The summed E-state index contributed by atoms with van der Waals surface area (Å²) in [6.07, 6.45) is 0.356. The molecule has 35 heavy (non-hydrogen) atoms. The molecule has 1 saturated heterocycles. The minimum Gasteiger partial charge on any atom is -0.478 e. The molecule has 0 aliphatic carbocycles. The maximum Gasteiger partial charge on any atom is 0.347 e. The average molecular weight is 482 g/mol. The summed E-state index contributed by atoms with van der Waals surface area (Å²) in [5.74, 6) is 0.189. The van der Waals surface area contributed by atoms with Gasteiger partial charge in [0.25, 0.3) is 0 Å². The van der Waals surface area contributed by atoms with E-state index in [-0.39, 0.29) is 28.2 Å². The summed E-state index contributed by atoms with van der Waals surface area (Å²) in [6, 6.07) is 3.95. The maximum absolute atomic E-state index is 15.5. The van der Waals surface area contributed by atoms with Crippen LogP contribution in [0.25, 0.3) is 10.9 Å². The molecule has 9 nitrogen and oxygen atoms in total. The highest BCUT2D eigenvalue weighted by atomic mass is 19.1. The number of hydrogen-bond donors (Lipinski definition) is 1. The van der Waals surface area contributed by atoms with Gasteiger partial charge in [-0.15, -0.1) is 0 Å². The molecular formula is C25H28FN5O4. The third kappa shape index (κ3) is 3.86. The van der Waals surface area contributed by atoms with E-state index in [1.807, 2.05) is 17.9 Å². The average Bonchev–Trinajstić information content (AvgIpc) is 2.82. The highest BCUT2D eigenvalue weighted by molar-refractivity contribution is 5.93. The van der Waals surface area contributed by atoms with Gasteiger partial charge in [0.1, 0.15) is 17.3 Å². The van der Waals surface area contributed by atoms with Crippen LogP contribution in [0.1, 0.15) is 44.2 Å². The molecule has 184 valence electrons. The molecule has 10 heteroatoms. The van der Waals surface area contributed by atoms with E-state index >= 15 is 4.39 Å². The number of halogens is 1. The van der Waals surface area contributed by atoms with Crippen molar-refractivity contribution < 1.29 is 19.0 Å². The molecule has 0 saturated carbocycles. The van der Waals surface area contributed by atoms with Gasteiger partial charge in [-0.1, -0.05) is 13.8 Å². The molecule has 0 radical (unpaired) electrons. The molecule has 1 N–H and O–H groups in total. The first-order valence-electron chi connectivity index (χ1n) is 11.8. The lowest BCUT2D eigenvalue weighted by atomic mass is 10.0. The number of piperazine rings is 1. The normalized spacial score (nSPS) is 19.8. The van der Waals surface area contributed by atoms with Crippen LogP contribution >= 0.6 is 0 Å². The molecule has 0 bridgehead atoms. The van der Waals surface area contributed by atoms with Gasteiger partial charge in [-0.2, -0.15) is 0 Å². The van der Waals surface area contributed by atoms with E-state index in [0.29, 0.717) is 31.7 Å². The Labute approximate surface area is 201 Å². The minimum atomic E-state index is -1.20. The van der Waals surface area contributed by atoms with Gasteiger partial charge in [-0.25, -0.2) is 19.2 Å². The van der Waals surface area contributed by atoms with E-state index in [2.05, 4.69) is 23.7 Å². The van der Waals surface area contributed by atoms with Crippen molar-refractivity contribution in [2.24, 2.45) is 0 Å². The van der Waals surface area contributed by atoms with Gasteiger partial charge in [0.05, 0.1) is 16.9 Å². The molecular weight excluding hydrogens is 453 g/mol. The quantitative estimate of drug-likeness (QED) is 0.607. The highest BCUT2D eigenvalue weighted by Crippen LogP contribution is 2.43. The van der Waals surface area contributed by atoms with Crippen LogP contribution in [0.4, 0.5) is 15.9 Å². The smallest absolute Gasteiger partial charge is 0.347 e. The van der Waals surface area contributed by atoms with Crippen molar-refractivity contribution in [1.29, 1.82) is 0 Å². The van der Waals surface area contributed by atoms with Gasteiger partial charge >= 0.3 is 5.97 Å². The van der Waals surface area contributed by atoms with Crippen molar-refractivity contribution in [2.75, 3.05) is 36.0 Å². The van der Waals surface area contributed by atoms with Crippen molar-refractivity contribution in [3.8, 4) is 5.75 Å². The number of benzene rings is 1. The Morgan fingerprint density at radius 1 is 1.17 bits per heavy atom. The highest BCUT2D eigenvalue weighted by Gasteiger charge is 2.37. The lowest BCUT2D eigenvalue weighted by Gasteiger charge is -2.39. The third-order valence-electron chi connectivity index (χ3n) is 6.75. The van der Waals surface area contributed by atoms with Gasteiger partial charge in [0, 0.05) is 56.1 Å².